The van der Waals surface area contributed by atoms with E-state index in [0.29, 0.717) is 0 Å². The largest absolute Gasteiger partial charge is 0.392 e. The number of hydrogen-bond donors (Lipinski definition) is 1. The third-order valence-corrected chi connectivity index (χ3v) is 2.18. The number of halogens is 1. The molecule has 3 heteroatoms. The van der Waals surface area contributed by atoms with E-state index in [-0.39, 0.29) is 6.61 Å². The summed E-state index contributed by atoms with van der Waals surface area (Å²) in [5, 5.41) is 8.76. The summed E-state index contributed by atoms with van der Waals surface area (Å²) in [4.78, 5) is 4.16. The minimum absolute atomic E-state index is 0.0512. The SMILES string of the molecule is CCc1ncc(CO)cc1Br. The minimum atomic E-state index is 0.0512. The number of aromatic nitrogens is 1. The molecular weight excluding hydrogens is 206 g/mol. The van der Waals surface area contributed by atoms with Crippen molar-refractivity contribution in [3.8, 4) is 0 Å². The summed E-state index contributed by atoms with van der Waals surface area (Å²) in [6.07, 6.45) is 2.61. The molecule has 0 fully saturated rings. The van der Waals surface area contributed by atoms with Gasteiger partial charge in [-0.25, -0.2) is 0 Å². The van der Waals surface area contributed by atoms with E-state index in [9.17, 15) is 0 Å². The van der Waals surface area contributed by atoms with Gasteiger partial charge in [0.2, 0.25) is 0 Å². The Morgan fingerprint density at radius 3 is 2.82 bits per heavy atom. The van der Waals surface area contributed by atoms with Gasteiger partial charge >= 0.3 is 0 Å². The number of aryl methyl sites for hydroxylation is 1. The van der Waals surface area contributed by atoms with E-state index in [1.54, 1.807) is 6.20 Å². The molecule has 0 aromatic carbocycles. The Morgan fingerprint density at radius 1 is 1.64 bits per heavy atom. The molecule has 1 rings (SSSR count). The van der Waals surface area contributed by atoms with Gasteiger partial charge in [0.1, 0.15) is 0 Å². The summed E-state index contributed by atoms with van der Waals surface area (Å²) in [5.41, 5.74) is 1.87. The van der Waals surface area contributed by atoms with Gasteiger partial charge in [-0.05, 0) is 34.0 Å². The van der Waals surface area contributed by atoms with Crippen molar-refractivity contribution >= 4 is 15.9 Å². The minimum Gasteiger partial charge on any atom is -0.392 e. The first-order valence-corrected chi connectivity index (χ1v) is 4.31. The van der Waals surface area contributed by atoms with Gasteiger partial charge in [-0.3, -0.25) is 4.98 Å². The maximum absolute atomic E-state index is 8.76. The van der Waals surface area contributed by atoms with E-state index in [0.717, 1.165) is 22.2 Å². The first kappa shape index (κ1) is 8.68. The van der Waals surface area contributed by atoms with Crippen LogP contribution in [0.4, 0.5) is 0 Å². The molecule has 0 aliphatic rings. The Labute approximate surface area is 74.4 Å². The first-order chi connectivity index (χ1) is 5.27. The Kier molecular flexibility index (Phi) is 3.02. The Balaban J connectivity index is 2.99. The average molecular weight is 216 g/mol. The fourth-order valence-corrected chi connectivity index (χ4v) is 1.53. The van der Waals surface area contributed by atoms with Crippen molar-refractivity contribution in [1.82, 2.24) is 4.98 Å². The van der Waals surface area contributed by atoms with Crippen molar-refractivity contribution in [3.63, 3.8) is 0 Å². The Hall–Kier alpha value is -0.410. The third kappa shape index (κ3) is 2.01. The lowest BCUT2D eigenvalue weighted by atomic mass is 10.2. The van der Waals surface area contributed by atoms with Crippen LogP contribution >= 0.6 is 15.9 Å². The highest BCUT2D eigenvalue weighted by molar-refractivity contribution is 9.10. The normalized spacial score (nSPS) is 10.1. The van der Waals surface area contributed by atoms with Crippen LogP contribution in [0.15, 0.2) is 16.7 Å². The van der Waals surface area contributed by atoms with Gasteiger partial charge in [0.05, 0.1) is 12.3 Å². The molecule has 1 aromatic heterocycles. The second-order valence-corrected chi connectivity index (χ2v) is 3.14. The predicted molar refractivity (Wildman–Crippen MR) is 47.2 cm³/mol. The molecule has 0 saturated carbocycles. The lowest BCUT2D eigenvalue weighted by molar-refractivity contribution is 0.281. The molecule has 0 bridgehead atoms. The molecule has 0 unspecified atom stereocenters. The molecule has 1 heterocycles. The summed E-state index contributed by atoms with van der Waals surface area (Å²) in [6.45, 7) is 2.10. The highest BCUT2D eigenvalue weighted by Gasteiger charge is 1.99. The molecule has 0 atom stereocenters. The lowest BCUT2D eigenvalue weighted by Gasteiger charge is -2.01. The number of aliphatic hydroxyl groups is 1. The quantitative estimate of drug-likeness (QED) is 0.818. The lowest BCUT2D eigenvalue weighted by Crippen LogP contribution is -1.91. The van der Waals surface area contributed by atoms with Crippen molar-refractivity contribution < 1.29 is 5.11 Å². The van der Waals surface area contributed by atoms with Crippen molar-refractivity contribution in [3.05, 3.63) is 28.0 Å². The van der Waals surface area contributed by atoms with Crippen LogP contribution in [0.5, 0.6) is 0 Å². The molecule has 2 nitrogen and oxygen atoms in total. The number of rotatable bonds is 2. The molecule has 0 aliphatic carbocycles. The summed E-state index contributed by atoms with van der Waals surface area (Å²) in [5.74, 6) is 0. The highest BCUT2D eigenvalue weighted by atomic mass is 79.9. The molecule has 0 saturated heterocycles. The van der Waals surface area contributed by atoms with Gasteiger partial charge in [0, 0.05) is 10.7 Å². The van der Waals surface area contributed by atoms with Crippen molar-refractivity contribution in [2.75, 3.05) is 0 Å². The summed E-state index contributed by atoms with van der Waals surface area (Å²) < 4.78 is 0.978. The Morgan fingerprint density at radius 2 is 2.36 bits per heavy atom. The van der Waals surface area contributed by atoms with Crippen LogP contribution in [0.25, 0.3) is 0 Å². The van der Waals surface area contributed by atoms with E-state index in [4.69, 9.17) is 5.11 Å². The highest BCUT2D eigenvalue weighted by Crippen LogP contribution is 2.16. The predicted octanol–water partition coefficient (Wildman–Crippen LogP) is 1.90. The fourth-order valence-electron chi connectivity index (χ4n) is 0.852. The molecule has 0 aliphatic heterocycles. The second-order valence-electron chi connectivity index (χ2n) is 2.28. The van der Waals surface area contributed by atoms with Crippen LogP contribution in [0, 0.1) is 0 Å². The van der Waals surface area contributed by atoms with E-state index >= 15 is 0 Å². The molecule has 0 amide bonds. The molecule has 60 valence electrons. The van der Waals surface area contributed by atoms with Gasteiger partial charge < -0.3 is 5.11 Å². The maximum Gasteiger partial charge on any atom is 0.0697 e. The molecule has 0 radical (unpaired) electrons. The van der Waals surface area contributed by atoms with Gasteiger partial charge in [0.25, 0.3) is 0 Å². The maximum atomic E-state index is 8.76. The number of hydrogen-bond acceptors (Lipinski definition) is 2. The van der Waals surface area contributed by atoms with Crippen LogP contribution in [0.1, 0.15) is 18.2 Å². The van der Waals surface area contributed by atoms with Gasteiger partial charge in [-0.15, -0.1) is 0 Å². The van der Waals surface area contributed by atoms with E-state index in [2.05, 4.69) is 20.9 Å². The molecule has 11 heavy (non-hydrogen) atoms. The monoisotopic (exact) mass is 215 g/mol. The molecule has 1 aromatic rings. The van der Waals surface area contributed by atoms with E-state index in [1.165, 1.54) is 0 Å². The van der Waals surface area contributed by atoms with Crippen molar-refractivity contribution in [2.24, 2.45) is 0 Å². The van der Waals surface area contributed by atoms with Crippen LogP contribution < -0.4 is 0 Å². The standard InChI is InChI=1S/C8H10BrNO/c1-2-8-7(9)3-6(5-11)4-10-8/h3-4,11H,2,5H2,1H3. The molecule has 1 N–H and O–H groups in total. The molecular formula is C8H10BrNO. The zero-order valence-corrected chi connectivity index (χ0v) is 7.93. The Bertz CT molecular complexity index is 250. The topological polar surface area (TPSA) is 33.1 Å². The van der Waals surface area contributed by atoms with Gasteiger partial charge in [0.15, 0.2) is 0 Å². The molecule has 0 spiro atoms. The van der Waals surface area contributed by atoms with Crippen molar-refractivity contribution in [1.29, 1.82) is 0 Å². The zero-order chi connectivity index (χ0) is 8.27. The van der Waals surface area contributed by atoms with Crippen LogP contribution in [-0.2, 0) is 13.0 Å². The van der Waals surface area contributed by atoms with Crippen LogP contribution in [0.2, 0.25) is 0 Å². The van der Waals surface area contributed by atoms with Crippen LogP contribution in [-0.4, -0.2) is 10.1 Å². The van der Waals surface area contributed by atoms with Gasteiger partial charge in [-0.2, -0.15) is 0 Å². The first-order valence-electron chi connectivity index (χ1n) is 3.52. The van der Waals surface area contributed by atoms with Crippen molar-refractivity contribution in [2.45, 2.75) is 20.0 Å². The third-order valence-electron chi connectivity index (χ3n) is 1.49. The fraction of sp³-hybridized carbons (Fsp3) is 0.375. The summed E-state index contributed by atoms with van der Waals surface area (Å²) >= 11 is 3.37. The average Bonchev–Trinajstić information content (AvgIpc) is 2.04. The summed E-state index contributed by atoms with van der Waals surface area (Å²) in [7, 11) is 0. The number of pyridine rings is 1. The van der Waals surface area contributed by atoms with Crippen LogP contribution in [0.3, 0.4) is 0 Å². The van der Waals surface area contributed by atoms with E-state index < -0.39 is 0 Å². The van der Waals surface area contributed by atoms with E-state index in [1.807, 2.05) is 13.0 Å². The number of nitrogens with zero attached hydrogens (tertiary/aromatic N) is 1. The second kappa shape index (κ2) is 3.83. The number of aliphatic hydroxyl groups excluding tert-OH is 1. The van der Waals surface area contributed by atoms with Gasteiger partial charge in [-0.1, -0.05) is 6.92 Å². The summed E-state index contributed by atoms with van der Waals surface area (Å²) in [6, 6.07) is 1.89. The smallest absolute Gasteiger partial charge is 0.0697 e. The zero-order valence-electron chi connectivity index (χ0n) is 6.34.